The topological polar surface area (TPSA) is 66.8 Å². The molecule has 0 spiro atoms. The van der Waals surface area contributed by atoms with Crippen LogP contribution in [0.3, 0.4) is 0 Å². The summed E-state index contributed by atoms with van der Waals surface area (Å²) in [5.74, 6) is -0.291. The lowest BCUT2D eigenvalue weighted by molar-refractivity contribution is -0.146. The molecule has 0 saturated carbocycles. The van der Waals surface area contributed by atoms with Gasteiger partial charge in [-0.15, -0.1) is 6.42 Å². The van der Waals surface area contributed by atoms with Gasteiger partial charge >= 0.3 is 5.97 Å². The number of hydrogen-bond donors (Lipinski definition) is 1. The number of rotatable bonds is 6. The Morgan fingerprint density at radius 1 is 1.50 bits per heavy atom. The molecule has 0 fully saturated rings. The van der Waals surface area contributed by atoms with E-state index in [1.165, 1.54) is 25.1 Å². The fourth-order valence-corrected chi connectivity index (χ4v) is 1.52. The number of carboxylic acid groups (broad SMARTS) is 1. The number of halogens is 1. The summed E-state index contributed by atoms with van der Waals surface area (Å²) in [5.41, 5.74) is 0. The van der Waals surface area contributed by atoms with Crippen LogP contribution in [0.25, 0.3) is 0 Å². The average molecular weight is 279 g/mol. The lowest BCUT2D eigenvalue weighted by Gasteiger charge is -2.22. The molecule has 1 atom stereocenters. The van der Waals surface area contributed by atoms with Gasteiger partial charge in [0.2, 0.25) is 0 Å². The number of benzene rings is 1. The van der Waals surface area contributed by atoms with E-state index >= 15 is 0 Å². The molecule has 1 rings (SSSR count). The highest BCUT2D eigenvalue weighted by molar-refractivity contribution is 5.84. The number of terminal acetylenes is 1. The van der Waals surface area contributed by atoms with Crippen molar-refractivity contribution in [2.45, 2.75) is 13.0 Å². The van der Waals surface area contributed by atoms with Gasteiger partial charge in [-0.25, -0.2) is 4.39 Å². The van der Waals surface area contributed by atoms with Crippen LogP contribution < -0.4 is 4.74 Å². The number of carbonyl (C=O) groups is 2. The molecular weight excluding hydrogens is 265 g/mol. The van der Waals surface area contributed by atoms with Crippen molar-refractivity contribution in [1.29, 1.82) is 0 Å². The number of amides is 1. The van der Waals surface area contributed by atoms with Gasteiger partial charge in [0.05, 0.1) is 6.54 Å². The van der Waals surface area contributed by atoms with Gasteiger partial charge in [0.1, 0.15) is 6.54 Å². The van der Waals surface area contributed by atoms with E-state index in [4.69, 9.17) is 16.3 Å². The molecule has 1 aromatic carbocycles. The lowest BCUT2D eigenvalue weighted by Crippen LogP contribution is -2.43. The van der Waals surface area contributed by atoms with E-state index in [1.54, 1.807) is 6.07 Å². The van der Waals surface area contributed by atoms with Gasteiger partial charge in [0.15, 0.2) is 17.7 Å². The molecule has 5 nitrogen and oxygen atoms in total. The van der Waals surface area contributed by atoms with Crippen molar-refractivity contribution in [3.05, 3.63) is 30.1 Å². The van der Waals surface area contributed by atoms with Crippen molar-refractivity contribution in [3.8, 4) is 18.1 Å². The Labute approximate surface area is 116 Å². The summed E-state index contributed by atoms with van der Waals surface area (Å²) in [6, 6.07) is 5.63. The van der Waals surface area contributed by atoms with Crippen molar-refractivity contribution in [1.82, 2.24) is 4.90 Å². The predicted molar refractivity (Wildman–Crippen MR) is 69.5 cm³/mol. The summed E-state index contributed by atoms with van der Waals surface area (Å²) < 4.78 is 18.6. The van der Waals surface area contributed by atoms with Gasteiger partial charge in [0.25, 0.3) is 5.91 Å². The third-order valence-corrected chi connectivity index (χ3v) is 2.41. The second-order valence-corrected chi connectivity index (χ2v) is 3.98. The number of hydrogen-bond acceptors (Lipinski definition) is 3. The minimum atomic E-state index is -1.19. The van der Waals surface area contributed by atoms with E-state index in [1.807, 2.05) is 0 Å². The van der Waals surface area contributed by atoms with Gasteiger partial charge in [-0.05, 0) is 19.1 Å². The van der Waals surface area contributed by atoms with Crippen LogP contribution in [-0.2, 0) is 9.59 Å². The van der Waals surface area contributed by atoms with Crippen LogP contribution in [0.4, 0.5) is 4.39 Å². The first-order chi connectivity index (χ1) is 9.45. The summed E-state index contributed by atoms with van der Waals surface area (Å²) in [6.45, 7) is 0.713. The molecule has 6 heteroatoms. The highest BCUT2D eigenvalue weighted by Crippen LogP contribution is 2.17. The van der Waals surface area contributed by atoms with Crippen molar-refractivity contribution in [3.63, 3.8) is 0 Å². The molecule has 20 heavy (non-hydrogen) atoms. The Bertz CT molecular complexity index is 538. The molecule has 0 heterocycles. The standard InChI is InChI=1S/C14H14FNO4/c1-3-8-16(9-13(17)18)14(19)10(2)20-12-7-5-4-6-11(12)15/h1,4-7,10H,8-9H2,2H3,(H,17,18). The van der Waals surface area contributed by atoms with Gasteiger partial charge in [-0.3, -0.25) is 9.59 Å². The third kappa shape index (κ3) is 4.28. The maximum Gasteiger partial charge on any atom is 0.323 e. The lowest BCUT2D eigenvalue weighted by atomic mass is 10.3. The first-order valence-corrected chi connectivity index (χ1v) is 5.81. The molecule has 0 aliphatic carbocycles. The second kappa shape index (κ2) is 7.14. The molecule has 0 aliphatic rings. The fraction of sp³-hybridized carbons (Fsp3) is 0.286. The van der Waals surface area contributed by atoms with Gasteiger partial charge in [0, 0.05) is 0 Å². The SMILES string of the molecule is C#CCN(CC(=O)O)C(=O)C(C)Oc1ccccc1F. The average Bonchev–Trinajstić information content (AvgIpc) is 2.39. The van der Waals surface area contributed by atoms with Crippen molar-refractivity contribution < 1.29 is 23.8 Å². The van der Waals surface area contributed by atoms with Crippen molar-refractivity contribution >= 4 is 11.9 Å². The highest BCUT2D eigenvalue weighted by Gasteiger charge is 2.24. The maximum absolute atomic E-state index is 13.4. The zero-order valence-corrected chi connectivity index (χ0v) is 10.9. The van der Waals surface area contributed by atoms with Crippen LogP contribution in [0.15, 0.2) is 24.3 Å². The number of carboxylic acids is 1. The summed E-state index contributed by atoms with van der Waals surface area (Å²) in [7, 11) is 0. The molecule has 0 aliphatic heterocycles. The van der Waals surface area contributed by atoms with Gasteiger partial charge in [-0.1, -0.05) is 18.1 Å². The molecule has 0 aromatic heterocycles. The van der Waals surface area contributed by atoms with E-state index in [2.05, 4.69) is 5.92 Å². The molecule has 1 N–H and O–H groups in total. The number of aliphatic carboxylic acids is 1. The molecule has 0 radical (unpaired) electrons. The van der Waals surface area contributed by atoms with Crippen LogP contribution in [0, 0.1) is 18.2 Å². The summed E-state index contributed by atoms with van der Waals surface area (Å²) in [4.78, 5) is 23.6. The Balaban J connectivity index is 2.76. The van der Waals surface area contributed by atoms with Crippen LogP contribution in [0.2, 0.25) is 0 Å². The van der Waals surface area contributed by atoms with Gasteiger partial charge < -0.3 is 14.7 Å². The molecule has 106 valence electrons. The molecule has 0 bridgehead atoms. The normalized spacial score (nSPS) is 11.2. The zero-order valence-electron chi connectivity index (χ0n) is 10.9. The predicted octanol–water partition coefficient (Wildman–Crippen LogP) is 1.14. The van der Waals surface area contributed by atoms with E-state index in [-0.39, 0.29) is 12.3 Å². The van der Waals surface area contributed by atoms with Crippen LogP contribution in [0.1, 0.15) is 6.92 Å². The maximum atomic E-state index is 13.4. The number of para-hydroxylation sites is 1. The molecular formula is C14H14FNO4. The Morgan fingerprint density at radius 3 is 2.70 bits per heavy atom. The first kappa shape index (κ1) is 15.5. The number of ether oxygens (including phenoxy) is 1. The molecule has 1 aromatic rings. The second-order valence-electron chi connectivity index (χ2n) is 3.98. The molecule has 0 saturated heterocycles. The van der Waals surface area contributed by atoms with Crippen molar-refractivity contribution in [2.24, 2.45) is 0 Å². The minimum absolute atomic E-state index is 0.0793. The van der Waals surface area contributed by atoms with Crippen molar-refractivity contribution in [2.75, 3.05) is 13.1 Å². The Kier molecular flexibility index (Phi) is 5.54. The molecule has 1 unspecified atom stereocenters. The highest BCUT2D eigenvalue weighted by atomic mass is 19.1. The third-order valence-electron chi connectivity index (χ3n) is 2.41. The first-order valence-electron chi connectivity index (χ1n) is 5.81. The van der Waals surface area contributed by atoms with Gasteiger partial charge in [-0.2, -0.15) is 0 Å². The minimum Gasteiger partial charge on any atom is -0.480 e. The number of carbonyl (C=O) groups excluding carboxylic acids is 1. The summed E-state index contributed by atoms with van der Waals surface area (Å²) >= 11 is 0. The fourth-order valence-electron chi connectivity index (χ4n) is 1.52. The van der Waals surface area contributed by atoms with E-state index in [0.29, 0.717) is 0 Å². The monoisotopic (exact) mass is 279 g/mol. The van der Waals surface area contributed by atoms with Crippen LogP contribution in [0.5, 0.6) is 5.75 Å². The smallest absolute Gasteiger partial charge is 0.323 e. The van der Waals surface area contributed by atoms with E-state index in [0.717, 1.165) is 4.90 Å². The summed E-state index contributed by atoms with van der Waals surface area (Å²) in [6.07, 6.45) is 4.04. The molecule has 1 amide bonds. The van der Waals surface area contributed by atoms with E-state index in [9.17, 15) is 14.0 Å². The number of nitrogens with zero attached hydrogens (tertiary/aromatic N) is 1. The summed E-state index contributed by atoms with van der Waals surface area (Å²) in [5, 5.41) is 8.71. The zero-order chi connectivity index (χ0) is 15.1. The quantitative estimate of drug-likeness (QED) is 0.793. The Morgan fingerprint density at radius 2 is 2.15 bits per heavy atom. The van der Waals surface area contributed by atoms with Crippen LogP contribution in [-0.4, -0.2) is 41.1 Å². The van der Waals surface area contributed by atoms with E-state index < -0.39 is 30.3 Å². The van der Waals surface area contributed by atoms with Crippen LogP contribution >= 0.6 is 0 Å². The largest absolute Gasteiger partial charge is 0.480 e. The Hall–Kier alpha value is -2.55.